The van der Waals surface area contributed by atoms with Crippen molar-refractivity contribution in [2.24, 2.45) is 5.92 Å². The maximum atomic E-state index is 9.00. The highest BCUT2D eigenvalue weighted by atomic mass is 15.1. The molecule has 20 heavy (non-hydrogen) atoms. The van der Waals surface area contributed by atoms with E-state index in [1.54, 1.807) is 0 Å². The first-order valence-electron chi connectivity index (χ1n) is 7.44. The van der Waals surface area contributed by atoms with E-state index in [9.17, 15) is 0 Å². The molecule has 0 amide bonds. The molecule has 0 radical (unpaired) electrons. The molecule has 0 spiro atoms. The summed E-state index contributed by atoms with van der Waals surface area (Å²) in [5, 5.41) is 10.4. The highest BCUT2D eigenvalue weighted by Gasteiger charge is 2.39. The molecule has 1 fully saturated rings. The number of nitrogens with one attached hydrogen (secondary N) is 1. The van der Waals surface area contributed by atoms with Crippen LogP contribution in [0.4, 0.5) is 0 Å². The molecule has 2 heterocycles. The number of likely N-dealkylation sites (N-methyl/N-ethyl adjacent to an activating group) is 1. The second-order valence-electron chi connectivity index (χ2n) is 6.37. The van der Waals surface area contributed by atoms with Crippen molar-refractivity contribution in [3.63, 3.8) is 0 Å². The van der Waals surface area contributed by atoms with E-state index >= 15 is 0 Å². The zero-order valence-electron chi connectivity index (χ0n) is 11.8. The highest BCUT2D eigenvalue weighted by Crippen LogP contribution is 2.44. The summed E-state index contributed by atoms with van der Waals surface area (Å²) in [5.74, 6) is 1.10. The van der Waals surface area contributed by atoms with Gasteiger partial charge in [-0.25, -0.2) is 0 Å². The van der Waals surface area contributed by atoms with E-state index in [-0.39, 0.29) is 0 Å². The van der Waals surface area contributed by atoms with Gasteiger partial charge in [0, 0.05) is 42.0 Å². The third-order valence-electron chi connectivity index (χ3n) is 5.19. The Hall–Kier alpha value is -1.79. The fourth-order valence-electron chi connectivity index (χ4n) is 4.33. The van der Waals surface area contributed by atoms with E-state index in [0.29, 0.717) is 24.3 Å². The lowest BCUT2D eigenvalue weighted by Gasteiger charge is -2.45. The van der Waals surface area contributed by atoms with Crippen LogP contribution < -0.4 is 0 Å². The van der Waals surface area contributed by atoms with Crippen LogP contribution in [0.15, 0.2) is 24.4 Å². The summed E-state index contributed by atoms with van der Waals surface area (Å²) in [6, 6.07) is 9.58. The van der Waals surface area contributed by atoms with E-state index in [2.05, 4.69) is 47.4 Å². The fourth-order valence-corrected chi connectivity index (χ4v) is 4.33. The van der Waals surface area contributed by atoms with Crippen molar-refractivity contribution < 1.29 is 0 Å². The Morgan fingerprint density at radius 2 is 2.35 bits per heavy atom. The van der Waals surface area contributed by atoms with Crippen molar-refractivity contribution in [1.29, 1.82) is 5.26 Å². The Labute approximate surface area is 119 Å². The van der Waals surface area contributed by atoms with Gasteiger partial charge in [0.1, 0.15) is 0 Å². The van der Waals surface area contributed by atoms with Crippen LogP contribution in [-0.2, 0) is 6.42 Å². The maximum Gasteiger partial charge on any atom is 0.0625 e. The predicted molar refractivity (Wildman–Crippen MR) is 79.5 cm³/mol. The lowest BCUT2D eigenvalue weighted by atomic mass is 9.72. The SMILES string of the molecule is CN1CC(CC#N)C[C@@H]2c3cccc4[nH]cc(c34)C[C@H]21. The zero-order valence-corrected chi connectivity index (χ0v) is 11.8. The number of rotatable bonds is 1. The fraction of sp³-hybridized carbons (Fsp3) is 0.471. The Kier molecular flexibility index (Phi) is 2.61. The van der Waals surface area contributed by atoms with Crippen LogP contribution in [0.2, 0.25) is 0 Å². The molecule has 0 saturated carbocycles. The van der Waals surface area contributed by atoms with Gasteiger partial charge >= 0.3 is 0 Å². The van der Waals surface area contributed by atoms with Gasteiger partial charge in [0.25, 0.3) is 0 Å². The second kappa shape index (κ2) is 4.36. The first kappa shape index (κ1) is 12.0. The van der Waals surface area contributed by atoms with Crippen LogP contribution in [0.1, 0.15) is 29.9 Å². The number of piperidine rings is 1. The van der Waals surface area contributed by atoms with Gasteiger partial charge in [-0.1, -0.05) is 12.1 Å². The van der Waals surface area contributed by atoms with Gasteiger partial charge in [0.15, 0.2) is 0 Å². The Morgan fingerprint density at radius 1 is 1.45 bits per heavy atom. The zero-order chi connectivity index (χ0) is 13.7. The van der Waals surface area contributed by atoms with Crippen molar-refractivity contribution in [1.82, 2.24) is 9.88 Å². The first-order chi connectivity index (χ1) is 9.78. The number of nitriles is 1. The van der Waals surface area contributed by atoms with Crippen LogP contribution in [0, 0.1) is 17.2 Å². The summed E-state index contributed by atoms with van der Waals surface area (Å²) in [7, 11) is 2.22. The molecule has 1 unspecified atom stereocenters. The minimum Gasteiger partial charge on any atom is -0.361 e. The molecule has 3 heteroatoms. The summed E-state index contributed by atoms with van der Waals surface area (Å²) in [4.78, 5) is 5.89. The number of hydrogen-bond acceptors (Lipinski definition) is 2. The van der Waals surface area contributed by atoms with Crippen molar-refractivity contribution in [3.05, 3.63) is 35.5 Å². The average molecular weight is 265 g/mol. The topological polar surface area (TPSA) is 42.8 Å². The normalized spacial score (nSPS) is 29.1. The molecule has 102 valence electrons. The quantitative estimate of drug-likeness (QED) is 0.861. The summed E-state index contributed by atoms with van der Waals surface area (Å²) in [5.41, 5.74) is 4.22. The molecule has 3 atom stereocenters. The lowest BCUT2D eigenvalue weighted by Crippen LogP contribution is -2.47. The third kappa shape index (κ3) is 1.61. The van der Waals surface area contributed by atoms with Crippen LogP contribution in [0.25, 0.3) is 10.9 Å². The number of nitrogens with zero attached hydrogens (tertiary/aromatic N) is 2. The number of likely N-dealkylation sites (tertiary alicyclic amines) is 1. The van der Waals surface area contributed by atoms with E-state index < -0.39 is 0 Å². The third-order valence-corrected chi connectivity index (χ3v) is 5.19. The van der Waals surface area contributed by atoms with Gasteiger partial charge in [-0.15, -0.1) is 0 Å². The Morgan fingerprint density at radius 3 is 3.20 bits per heavy atom. The maximum absolute atomic E-state index is 9.00. The van der Waals surface area contributed by atoms with Crippen molar-refractivity contribution in [3.8, 4) is 6.07 Å². The minimum atomic E-state index is 0.516. The van der Waals surface area contributed by atoms with Crippen LogP contribution in [-0.4, -0.2) is 29.5 Å². The summed E-state index contributed by atoms with van der Waals surface area (Å²) in [6.07, 6.45) is 5.16. The average Bonchev–Trinajstić information content (AvgIpc) is 2.86. The number of H-pyrrole nitrogens is 1. The molecule has 1 saturated heterocycles. The van der Waals surface area contributed by atoms with Crippen molar-refractivity contribution >= 4 is 10.9 Å². The smallest absolute Gasteiger partial charge is 0.0625 e. The number of hydrogen-bond donors (Lipinski definition) is 1. The molecule has 2 aliphatic rings. The van der Waals surface area contributed by atoms with Crippen LogP contribution in [0.3, 0.4) is 0 Å². The van der Waals surface area contributed by atoms with Crippen LogP contribution >= 0.6 is 0 Å². The number of fused-ring (bicyclic) bond motifs is 2. The molecule has 4 rings (SSSR count). The molecule has 3 nitrogen and oxygen atoms in total. The largest absolute Gasteiger partial charge is 0.361 e. The molecular weight excluding hydrogens is 246 g/mol. The molecule has 1 N–H and O–H groups in total. The highest BCUT2D eigenvalue weighted by molar-refractivity contribution is 5.88. The van der Waals surface area contributed by atoms with Gasteiger partial charge < -0.3 is 9.88 Å². The van der Waals surface area contributed by atoms with Gasteiger partial charge in [-0.2, -0.15) is 5.26 Å². The summed E-state index contributed by atoms with van der Waals surface area (Å²) in [6.45, 7) is 1.06. The minimum absolute atomic E-state index is 0.516. The molecule has 2 aromatic rings. The van der Waals surface area contributed by atoms with E-state index in [1.807, 2.05) is 0 Å². The lowest BCUT2D eigenvalue weighted by molar-refractivity contribution is 0.113. The molecule has 1 aliphatic heterocycles. The number of aromatic amines is 1. The number of benzene rings is 1. The second-order valence-corrected chi connectivity index (χ2v) is 6.37. The summed E-state index contributed by atoms with van der Waals surface area (Å²) >= 11 is 0. The van der Waals surface area contributed by atoms with E-state index in [4.69, 9.17) is 5.26 Å². The first-order valence-corrected chi connectivity index (χ1v) is 7.44. The molecule has 1 aliphatic carbocycles. The Balaban J connectivity index is 1.81. The van der Waals surface area contributed by atoms with Crippen molar-refractivity contribution in [2.45, 2.75) is 31.2 Å². The van der Waals surface area contributed by atoms with Gasteiger partial charge in [0.2, 0.25) is 0 Å². The molecule has 0 bridgehead atoms. The van der Waals surface area contributed by atoms with E-state index in [1.165, 1.54) is 22.0 Å². The van der Waals surface area contributed by atoms with Gasteiger partial charge in [0.05, 0.1) is 6.07 Å². The van der Waals surface area contributed by atoms with Gasteiger partial charge in [-0.05, 0) is 43.0 Å². The monoisotopic (exact) mass is 265 g/mol. The van der Waals surface area contributed by atoms with Crippen molar-refractivity contribution in [2.75, 3.05) is 13.6 Å². The predicted octanol–water partition coefficient (Wildman–Crippen LogP) is 3.04. The summed E-state index contributed by atoms with van der Waals surface area (Å²) < 4.78 is 0. The number of aromatic nitrogens is 1. The molecule has 1 aromatic carbocycles. The Bertz CT molecular complexity index is 694. The molecular formula is C17H19N3. The standard InChI is InChI=1S/C17H19N3/c1-20-10-11(5-6-18)7-14-13-3-2-4-15-17(13)12(9-19-15)8-16(14)20/h2-4,9,11,14,16,19H,5,7-8,10H2,1H3/t11?,14-,16-/m1/s1. The molecule has 1 aromatic heterocycles. The van der Waals surface area contributed by atoms with Gasteiger partial charge in [-0.3, -0.25) is 0 Å². The van der Waals surface area contributed by atoms with E-state index in [0.717, 1.165) is 19.4 Å². The van der Waals surface area contributed by atoms with Crippen LogP contribution in [0.5, 0.6) is 0 Å².